The van der Waals surface area contributed by atoms with Crippen LogP contribution in [0.15, 0.2) is 8.95 Å². The summed E-state index contributed by atoms with van der Waals surface area (Å²) in [7, 11) is 0. The number of benzene rings is 1. The molecule has 0 saturated carbocycles. The highest BCUT2D eigenvalue weighted by Crippen LogP contribution is 2.53. The molecule has 3 nitrogen and oxygen atoms in total. The van der Waals surface area contributed by atoms with E-state index >= 15 is 0 Å². The minimum absolute atomic E-state index is 0.350. The van der Waals surface area contributed by atoms with E-state index in [2.05, 4.69) is 44.0 Å². The van der Waals surface area contributed by atoms with Gasteiger partial charge in [-0.3, -0.25) is 0 Å². The molecule has 0 atom stereocenters. The van der Waals surface area contributed by atoms with E-state index in [-0.39, 0.29) is 0 Å². The van der Waals surface area contributed by atoms with E-state index in [9.17, 15) is 10.5 Å². The molecule has 0 aromatic heterocycles. The smallest absolute Gasteiger partial charge is 0.102 e. The highest BCUT2D eigenvalue weighted by Gasteiger charge is 2.47. The minimum Gasteiger partial charge on any atom is -0.360 e. The van der Waals surface area contributed by atoms with E-state index in [1.807, 2.05) is 27.7 Å². The third-order valence-electron chi connectivity index (χ3n) is 3.32. The molecule has 5 heteroatoms. The Morgan fingerprint density at radius 1 is 0.842 bits per heavy atom. The largest absolute Gasteiger partial charge is 0.360 e. The molecule has 0 fully saturated rings. The van der Waals surface area contributed by atoms with Gasteiger partial charge in [-0.1, -0.05) is 0 Å². The SMILES string of the molecule is CC1(C)OC(C)(C)c2c(Br)c(C#N)c(C#N)c(Br)c21. The van der Waals surface area contributed by atoms with Crippen LogP contribution in [-0.4, -0.2) is 0 Å². The third kappa shape index (κ3) is 1.92. The average molecular weight is 384 g/mol. The van der Waals surface area contributed by atoms with Crippen molar-refractivity contribution in [2.75, 3.05) is 0 Å². The molecule has 0 amide bonds. The molecule has 98 valence electrons. The number of nitrogens with zero attached hydrogens (tertiary/aromatic N) is 2. The van der Waals surface area contributed by atoms with Crippen LogP contribution in [0.3, 0.4) is 0 Å². The molecule has 2 rings (SSSR count). The molecule has 0 spiro atoms. The van der Waals surface area contributed by atoms with Crippen LogP contribution in [0.2, 0.25) is 0 Å². The summed E-state index contributed by atoms with van der Waals surface area (Å²) in [6, 6.07) is 4.19. The fourth-order valence-corrected chi connectivity index (χ4v) is 4.69. The zero-order valence-corrected chi connectivity index (χ0v) is 14.2. The minimum atomic E-state index is -0.514. The van der Waals surface area contributed by atoms with Crippen molar-refractivity contribution in [3.05, 3.63) is 31.2 Å². The predicted octanol–water partition coefficient (Wildman–Crippen LogP) is 4.46. The molecular weight excluding hydrogens is 372 g/mol. The number of nitriles is 2. The maximum Gasteiger partial charge on any atom is 0.102 e. The Morgan fingerprint density at radius 3 is 1.42 bits per heavy atom. The van der Waals surface area contributed by atoms with Crippen LogP contribution in [0, 0.1) is 22.7 Å². The van der Waals surface area contributed by atoms with Gasteiger partial charge in [-0.05, 0) is 59.6 Å². The summed E-state index contributed by atoms with van der Waals surface area (Å²) < 4.78 is 7.39. The molecule has 0 bridgehead atoms. The molecule has 1 aromatic rings. The summed E-state index contributed by atoms with van der Waals surface area (Å²) >= 11 is 6.94. The zero-order valence-electron chi connectivity index (χ0n) is 11.1. The van der Waals surface area contributed by atoms with E-state index in [1.54, 1.807) is 0 Å². The topological polar surface area (TPSA) is 56.8 Å². The van der Waals surface area contributed by atoms with Crippen molar-refractivity contribution in [1.82, 2.24) is 0 Å². The van der Waals surface area contributed by atoms with Gasteiger partial charge >= 0.3 is 0 Å². The lowest BCUT2D eigenvalue weighted by Gasteiger charge is -2.25. The Hall–Kier alpha value is -0.880. The summed E-state index contributed by atoms with van der Waals surface area (Å²) in [5.74, 6) is 0. The highest BCUT2D eigenvalue weighted by molar-refractivity contribution is 9.11. The van der Waals surface area contributed by atoms with Gasteiger partial charge in [0.05, 0.1) is 22.3 Å². The molecule has 1 aromatic carbocycles. The first-order valence-electron chi connectivity index (χ1n) is 5.73. The van der Waals surface area contributed by atoms with Gasteiger partial charge in [-0.15, -0.1) is 0 Å². The molecule has 0 unspecified atom stereocenters. The second-order valence-corrected chi connectivity index (χ2v) is 7.06. The van der Waals surface area contributed by atoms with E-state index in [0.717, 1.165) is 11.1 Å². The van der Waals surface area contributed by atoms with Gasteiger partial charge < -0.3 is 4.74 Å². The standard InChI is InChI=1S/C14H12Br2N2O/c1-13(2)9-10(14(3,4)19-13)12(16)8(6-18)7(5-17)11(9)15/h1-4H3. The molecular formula is C14H12Br2N2O. The van der Waals surface area contributed by atoms with Crippen molar-refractivity contribution in [3.8, 4) is 12.1 Å². The summed E-state index contributed by atoms with van der Waals surface area (Å²) in [4.78, 5) is 0. The molecule has 0 aliphatic carbocycles. The molecule has 0 N–H and O–H groups in total. The van der Waals surface area contributed by atoms with Crippen LogP contribution >= 0.6 is 31.9 Å². The van der Waals surface area contributed by atoms with Crippen molar-refractivity contribution in [2.45, 2.75) is 38.9 Å². The third-order valence-corrected chi connectivity index (χ3v) is 4.90. The van der Waals surface area contributed by atoms with Crippen LogP contribution in [0.5, 0.6) is 0 Å². The van der Waals surface area contributed by atoms with Gasteiger partial charge in [0.2, 0.25) is 0 Å². The van der Waals surface area contributed by atoms with E-state index in [1.165, 1.54) is 0 Å². The van der Waals surface area contributed by atoms with Crippen LogP contribution < -0.4 is 0 Å². The van der Waals surface area contributed by atoms with E-state index < -0.39 is 11.2 Å². The van der Waals surface area contributed by atoms with Gasteiger partial charge in [0.1, 0.15) is 12.1 Å². The van der Waals surface area contributed by atoms with E-state index in [0.29, 0.717) is 20.1 Å². The lowest BCUT2D eigenvalue weighted by molar-refractivity contribution is -0.105. The number of rotatable bonds is 0. The van der Waals surface area contributed by atoms with Crippen LogP contribution in [-0.2, 0) is 15.9 Å². The van der Waals surface area contributed by atoms with Crippen LogP contribution in [0.4, 0.5) is 0 Å². The molecule has 1 heterocycles. The van der Waals surface area contributed by atoms with Crippen molar-refractivity contribution >= 4 is 31.9 Å². The monoisotopic (exact) mass is 382 g/mol. The van der Waals surface area contributed by atoms with Gasteiger partial charge in [0, 0.05) is 20.1 Å². The normalized spacial score (nSPS) is 18.5. The highest BCUT2D eigenvalue weighted by atomic mass is 79.9. The zero-order chi connectivity index (χ0) is 14.6. The van der Waals surface area contributed by atoms with Crippen LogP contribution in [0.1, 0.15) is 49.9 Å². The van der Waals surface area contributed by atoms with Crippen molar-refractivity contribution < 1.29 is 4.74 Å². The predicted molar refractivity (Wildman–Crippen MR) is 78.4 cm³/mol. The number of hydrogen-bond acceptors (Lipinski definition) is 3. The lowest BCUT2D eigenvalue weighted by atomic mass is 9.87. The molecule has 0 radical (unpaired) electrons. The molecule has 1 aliphatic rings. The van der Waals surface area contributed by atoms with Gasteiger partial charge in [0.15, 0.2) is 0 Å². The number of hydrogen-bond donors (Lipinski definition) is 0. The Labute approximate surface area is 129 Å². The van der Waals surface area contributed by atoms with Gasteiger partial charge in [-0.25, -0.2) is 0 Å². The van der Waals surface area contributed by atoms with Crippen molar-refractivity contribution in [2.24, 2.45) is 0 Å². The summed E-state index contributed by atoms with van der Waals surface area (Å²) in [5, 5.41) is 18.6. The first kappa shape index (κ1) is 14.5. The number of fused-ring (bicyclic) bond motifs is 1. The Morgan fingerprint density at radius 2 is 1.16 bits per heavy atom. The van der Waals surface area contributed by atoms with Gasteiger partial charge in [0.25, 0.3) is 0 Å². The maximum absolute atomic E-state index is 9.29. The summed E-state index contributed by atoms with van der Waals surface area (Å²) in [5.41, 5.74) is 1.53. The van der Waals surface area contributed by atoms with Crippen LogP contribution in [0.25, 0.3) is 0 Å². The number of halogens is 2. The molecule has 0 saturated heterocycles. The first-order valence-corrected chi connectivity index (χ1v) is 7.32. The Bertz CT molecular complexity index is 607. The molecule has 1 aliphatic heterocycles. The fourth-order valence-electron chi connectivity index (χ4n) is 2.77. The Kier molecular flexibility index (Phi) is 3.30. The van der Waals surface area contributed by atoms with E-state index in [4.69, 9.17) is 4.74 Å². The number of ether oxygens (including phenoxy) is 1. The summed E-state index contributed by atoms with van der Waals surface area (Å²) in [6.07, 6.45) is 0. The quantitative estimate of drug-likeness (QED) is 0.664. The van der Waals surface area contributed by atoms with Gasteiger partial charge in [-0.2, -0.15) is 10.5 Å². The van der Waals surface area contributed by atoms with Crippen molar-refractivity contribution in [1.29, 1.82) is 10.5 Å². The van der Waals surface area contributed by atoms with Crippen molar-refractivity contribution in [3.63, 3.8) is 0 Å². The molecule has 19 heavy (non-hydrogen) atoms. The lowest BCUT2D eigenvalue weighted by Crippen LogP contribution is -2.22. The average Bonchev–Trinajstić information content (AvgIpc) is 2.48. The maximum atomic E-state index is 9.29. The summed E-state index contributed by atoms with van der Waals surface area (Å²) in [6.45, 7) is 7.85. The Balaban J connectivity index is 3.02. The first-order chi connectivity index (χ1) is 8.67. The fraction of sp³-hybridized carbons (Fsp3) is 0.429. The second-order valence-electron chi connectivity index (χ2n) is 5.47. The second kappa shape index (κ2) is 4.31.